The molecule has 1 aromatic rings. The second-order valence-corrected chi connectivity index (χ2v) is 4.88. The van der Waals surface area contributed by atoms with Crippen LogP contribution in [0.4, 0.5) is 4.79 Å². The second kappa shape index (κ2) is 4.89. The minimum Gasteiger partial charge on any atom is -0.465 e. The van der Waals surface area contributed by atoms with Gasteiger partial charge in [0.25, 0.3) is 0 Å². The SMILES string of the molecule is CN(Cc1ccccc1)C1(C(N)=O)CN(C(=O)O)C1. The first kappa shape index (κ1) is 13.4. The average Bonchev–Trinajstić information content (AvgIpc) is 2.27. The molecule has 2 rings (SSSR count). The van der Waals surface area contributed by atoms with Crippen molar-refractivity contribution in [1.82, 2.24) is 9.80 Å². The van der Waals surface area contributed by atoms with E-state index < -0.39 is 17.5 Å². The largest absolute Gasteiger partial charge is 0.465 e. The lowest BCUT2D eigenvalue weighted by molar-refractivity contribution is -0.140. The number of likely N-dealkylation sites (N-methyl/N-ethyl adjacent to an activating group) is 1. The van der Waals surface area contributed by atoms with Crippen LogP contribution in [0.5, 0.6) is 0 Å². The molecule has 1 aromatic carbocycles. The van der Waals surface area contributed by atoms with Gasteiger partial charge < -0.3 is 15.7 Å². The Balaban J connectivity index is 2.09. The van der Waals surface area contributed by atoms with Crippen molar-refractivity contribution in [3.63, 3.8) is 0 Å². The summed E-state index contributed by atoms with van der Waals surface area (Å²) < 4.78 is 0. The number of carbonyl (C=O) groups is 2. The van der Waals surface area contributed by atoms with Gasteiger partial charge in [-0.2, -0.15) is 0 Å². The van der Waals surface area contributed by atoms with Gasteiger partial charge in [-0.15, -0.1) is 0 Å². The number of rotatable bonds is 4. The summed E-state index contributed by atoms with van der Waals surface area (Å²) in [5, 5.41) is 8.87. The zero-order valence-corrected chi connectivity index (χ0v) is 10.7. The molecule has 102 valence electrons. The Morgan fingerprint density at radius 2 is 1.95 bits per heavy atom. The molecule has 0 bridgehead atoms. The maximum absolute atomic E-state index is 11.7. The number of carbonyl (C=O) groups excluding carboxylic acids is 1. The van der Waals surface area contributed by atoms with Gasteiger partial charge >= 0.3 is 6.09 Å². The normalized spacial score (nSPS) is 17.1. The molecule has 1 aliphatic heterocycles. The standard InChI is InChI=1S/C13H17N3O3/c1-15(7-10-5-3-2-4-6-10)13(11(14)17)8-16(9-13)12(18)19/h2-6H,7-9H2,1H3,(H2,14,17)(H,18,19). The van der Waals surface area contributed by atoms with Crippen LogP contribution in [0.25, 0.3) is 0 Å². The summed E-state index contributed by atoms with van der Waals surface area (Å²) >= 11 is 0. The predicted molar refractivity (Wildman–Crippen MR) is 69.4 cm³/mol. The monoisotopic (exact) mass is 263 g/mol. The summed E-state index contributed by atoms with van der Waals surface area (Å²) in [4.78, 5) is 25.5. The Kier molecular flexibility index (Phi) is 3.44. The summed E-state index contributed by atoms with van der Waals surface area (Å²) in [5.74, 6) is -0.483. The number of nitrogens with two attached hydrogens (primary N) is 1. The van der Waals surface area contributed by atoms with E-state index in [0.717, 1.165) is 5.56 Å². The van der Waals surface area contributed by atoms with E-state index >= 15 is 0 Å². The summed E-state index contributed by atoms with van der Waals surface area (Å²) in [6.07, 6.45) is -1.02. The molecule has 1 heterocycles. The Morgan fingerprint density at radius 1 is 1.37 bits per heavy atom. The predicted octanol–water partition coefficient (Wildman–Crippen LogP) is 0.336. The van der Waals surface area contributed by atoms with Gasteiger partial charge in [0.15, 0.2) is 0 Å². The van der Waals surface area contributed by atoms with E-state index in [1.54, 1.807) is 7.05 Å². The molecule has 0 spiro atoms. The van der Waals surface area contributed by atoms with E-state index in [9.17, 15) is 9.59 Å². The fraction of sp³-hybridized carbons (Fsp3) is 0.385. The number of carboxylic acid groups (broad SMARTS) is 1. The summed E-state index contributed by atoms with van der Waals surface area (Å²) in [6.45, 7) is 0.805. The summed E-state index contributed by atoms with van der Waals surface area (Å²) in [5.41, 5.74) is 5.61. The highest BCUT2D eigenvalue weighted by Crippen LogP contribution is 2.28. The Labute approximate surface area is 111 Å². The van der Waals surface area contributed by atoms with E-state index in [1.165, 1.54) is 4.90 Å². The van der Waals surface area contributed by atoms with Gasteiger partial charge in [0.2, 0.25) is 5.91 Å². The lowest BCUT2D eigenvalue weighted by Gasteiger charge is -2.51. The Morgan fingerprint density at radius 3 is 2.42 bits per heavy atom. The van der Waals surface area contributed by atoms with Crippen LogP contribution in [0.3, 0.4) is 0 Å². The molecule has 0 atom stereocenters. The van der Waals surface area contributed by atoms with Crippen molar-refractivity contribution in [2.45, 2.75) is 12.1 Å². The molecule has 2 amide bonds. The van der Waals surface area contributed by atoms with E-state index in [1.807, 2.05) is 35.2 Å². The summed E-state index contributed by atoms with van der Waals surface area (Å²) in [7, 11) is 1.79. The molecule has 3 N–H and O–H groups in total. The topological polar surface area (TPSA) is 86.9 Å². The van der Waals surface area contributed by atoms with Crippen LogP contribution < -0.4 is 5.73 Å². The quantitative estimate of drug-likeness (QED) is 0.820. The van der Waals surface area contributed by atoms with E-state index in [4.69, 9.17) is 10.8 Å². The van der Waals surface area contributed by atoms with Crippen molar-refractivity contribution >= 4 is 12.0 Å². The third-order valence-corrected chi connectivity index (χ3v) is 3.63. The van der Waals surface area contributed by atoms with Crippen LogP contribution in [-0.2, 0) is 11.3 Å². The van der Waals surface area contributed by atoms with Crippen LogP contribution in [-0.4, -0.2) is 52.6 Å². The van der Waals surface area contributed by atoms with E-state index in [-0.39, 0.29) is 13.1 Å². The molecule has 0 radical (unpaired) electrons. The number of likely N-dealkylation sites (tertiary alicyclic amines) is 1. The van der Waals surface area contributed by atoms with E-state index in [0.29, 0.717) is 6.54 Å². The molecule has 6 heteroatoms. The minimum absolute atomic E-state index is 0.126. The molecule has 1 fully saturated rings. The van der Waals surface area contributed by atoms with Crippen molar-refractivity contribution in [3.8, 4) is 0 Å². The molecule has 0 unspecified atom stereocenters. The Bertz CT molecular complexity index is 483. The van der Waals surface area contributed by atoms with Gasteiger partial charge in [0, 0.05) is 6.54 Å². The van der Waals surface area contributed by atoms with E-state index in [2.05, 4.69) is 0 Å². The van der Waals surface area contributed by atoms with Crippen molar-refractivity contribution in [2.75, 3.05) is 20.1 Å². The number of primary amides is 1. The smallest absolute Gasteiger partial charge is 0.407 e. The van der Waals surface area contributed by atoms with Gasteiger partial charge in [0.05, 0.1) is 13.1 Å². The minimum atomic E-state index is -1.02. The highest BCUT2D eigenvalue weighted by Gasteiger charge is 2.53. The van der Waals surface area contributed by atoms with Gasteiger partial charge in [-0.25, -0.2) is 4.79 Å². The molecule has 6 nitrogen and oxygen atoms in total. The number of benzene rings is 1. The zero-order valence-electron chi connectivity index (χ0n) is 10.7. The Hall–Kier alpha value is -2.08. The molecular weight excluding hydrogens is 246 g/mol. The van der Waals surface area contributed by atoms with Crippen LogP contribution in [0.2, 0.25) is 0 Å². The first-order valence-electron chi connectivity index (χ1n) is 5.98. The van der Waals surface area contributed by atoms with Crippen molar-refractivity contribution in [2.24, 2.45) is 5.73 Å². The molecule has 1 aliphatic rings. The number of hydrogen-bond acceptors (Lipinski definition) is 3. The first-order valence-corrected chi connectivity index (χ1v) is 5.98. The van der Waals surface area contributed by atoms with Crippen molar-refractivity contribution < 1.29 is 14.7 Å². The highest BCUT2D eigenvalue weighted by molar-refractivity contribution is 5.88. The average molecular weight is 263 g/mol. The van der Waals surface area contributed by atoms with Crippen LogP contribution in [0.15, 0.2) is 30.3 Å². The number of hydrogen-bond donors (Lipinski definition) is 2. The first-order chi connectivity index (χ1) is 8.95. The third-order valence-electron chi connectivity index (χ3n) is 3.63. The van der Waals surface area contributed by atoms with Crippen LogP contribution >= 0.6 is 0 Å². The van der Waals surface area contributed by atoms with Crippen molar-refractivity contribution in [1.29, 1.82) is 0 Å². The molecule has 0 aromatic heterocycles. The maximum atomic E-state index is 11.7. The molecule has 0 saturated carbocycles. The lowest BCUT2D eigenvalue weighted by Crippen LogP contribution is -2.75. The highest BCUT2D eigenvalue weighted by atomic mass is 16.4. The molecule has 19 heavy (non-hydrogen) atoms. The lowest BCUT2D eigenvalue weighted by atomic mass is 9.87. The second-order valence-electron chi connectivity index (χ2n) is 4.88. The number of nitrogens with zero attached hydrogens (tertiary/aromatic N) is 2. The fourth-order valence-corrected chi connectivity index (χ4v) is 2.31. The number of amides is 2. The fourth-order valence-electron chi connectivity index (χ4n) is 2.31. The summed E-state index contributed by atoms with van der Waals surface area (Å²) in [6, 6.07) is 9.68. The molecule has 1 saturated heterocycles. The van der Waals surface area contributed by atoms with Crippen molar-refractivity contribution in [3.05, 3.63) is 35.9 Å². The van der Waals surface area contributed by atoms with Gasteiger partial charge in [-0.1, -0.05) is 30.3 Å². The van der Waals surface area contributed by atoms with Crippen LogP contribution in [0.1, 0.15) is 5.56 Å². The molecule has 0 aliphatic carbocycles. The van der Waals surface area contributed by atoms with Crippen LogP contribution in [0, 0.1) is 0 Å². The van der Waals surface area contributed by atoms with Gasteiger partial charge in [0.1, 0.15) is 5.54 Å². The van der Waals surface area contributed by atoms with Gasteiger partial charge in [-0.3, -0.25) is 9.69 Å². The third kappa shape index (κ3) is 2.39. The molecular formula is C13H17N3O3. The maximum Gasteiger partial charge on any atom is 0.407 e. The zero-order chi connectivity index (χ0) is 14.0. The van der Waals surface area contributed by atoms with Gasteiger partial charge in [-0.05, 0) is 12.6 Å².